The van der Waals surface area contributed by atoms with Gasteiger partial charge in [-0.3, -0.25) is 14.4 Å². The highest BCUT2D eigenvalue weighted by molar-refractivity contribution is 6.42. The smallest absolute Gasteiger partial charge is 0.292 e. The highest BCUT2D eigenvalue weighted by Crippen LogP contribution is 2.26. The third-order valence-electron chi connectivity index (χ3n) is 2.24. The Morgan fingerprint density at radius 2 is 2.00 bits per heavy atom. The standard InChI is InChI=1S/C9H10F2O3/c1-9(10,11)8(14)5-3-2-4-6(12)7(5)13/h5H,2-4H2,1H3. The van der Waals surface area contributed by atoms with Gasteiger partial charge in [-0.25, -0.2) is 0 Å². The summed E-state index contributed by atoms with van der Waals surface area (Å²) in [5, 5.41) is 0. The molecule has 0 N–H and O–H groups in total. The Kier molecular flexibility index (Phi) is 2.78. The molecule has 0 aromatic carbocycles. The number of ketones is 3. The van der Waals surface area contributed by atoms with Crippen molar-refractivity contribution in [1.29, 1.82) is 0 Å². The van der Waals surface area contributed by atoms with Gasteiger partial charge in [-0.15, -0.1) is 0 Å². The van der Waals surface area contributed by atoms with Gasteiger partial charge in [0.1, 0.15) is 0 Å². The van der Waals surface area contributed by atoms with E-state index in [0.29, 0.717) is 13.3 Å². The first-order chi connectivity index (χ1) is 6.34. The molecule has 1 aliphatic rings. The fourth-order valence-electron chi connectivity index (χ4n) is 1.47. The predicted octanol–water partition coefficient (Wildman–Crippen LogP) is 1.15. The Morgan fingerprint density at radius 1 is 1.43 bits per heavy atom. The number of carbonyl (C=O) groups is 3. The lowest BCUT2D eigenvalue weighted by Gasteiger charge is -2.20. The van der Waals surface area contributed by atoms with Gasteiger partial charge in [0.2, 0.25) is 11.6 Å². The highest BCUT2D eigenvalue weighted by atomic mass is 19.3. The number of hydrogen-bond donors (Lipinski definition) is 0. The molecule has 14 heavy (non-hydrogen) atoms. The van der Waals surface area contributed by atoms with Crippen molar-refractivity contribution in [2.75, 3.05) is 0 Å². The monoisotopic (exact) mass is 204 g/mol. The summed E-state index contributed by atoms with van der Waals surface area (Å²) < 4.78 is 25.2. The van der Waals surface area contributed by atoms with Crippen LogP contribution < -0.4 is 0 Å². The van der Waals surface area contributed by atoms with Crippen LogP contribution in [-0.4, -0.2) is 23.3 Å². The van der Waals surface area contributed by atoms with Crippen LogP contribution in [0.15, 0.2) is 0 Å². The van der Waals surface area contributed by atoms with E-state index in [1.165, 1.54) is 0 Å². The Labute approximate surface area is 79.5 Å². The molecule has 1 atom stereocenters. The molecule has 0 bridgehead atoms. The van der Waals surface area contributed by atoms with Crippen molar-refractivity contribution in [3.63, 3.8) is 0 Å². The van der Waals surface area contributed by atoms with E-state index in [1.54, 1.807) is 0 Å². The lowest BCUT2D eigenvalue weighted by atomic mass is 9.82. The molecule has 78 valence electrons. The van der Waals surface area contributed by atoms with Crippen molar-refractivity contribution in [2.45, 2.75) is 32.1 Å². The minimum absolute atomic E-state index is 0.0623. The zero-order valence-corrected chi connectivity index (χ0v) is 7.68. The zero-order chi connectivity index (χ0) is 10.9. The molecular weight excluding hydrogens is 194 g/mol. The van der Waals surface area contributed by atoms with Crippen LogP contribution in [0.4, 0.5) is 8.78 Å². The average molecular weight is 204 g/mol. The molecule has 0 aromatic rings. The predicted molar refractivity (Wildman–Crippen MR) is 43.0 cm³/mol. The summed E-state index contributed by atoms with van der Waals surface area (Å²) in [6.07, 6.45) is 0.460. The largest absolute Gasteiger partial charge is 0.303 e. The summed E-state index contributed by atoms with van der Waals surface area (Å²) in [7, 11) is 0. The maximum absolute atomic E-state index is 12.6. The number of Topliss-reactive ketones (excluding diaryl/α,β-unsaturated/α-hetero) is 3. The number of carbonyl (C=O) groups excluding carboxylic acids is 3. The first-order valence-electron chi connectivity index (χ1n) is 4.33. The number of hydrogen-bond acceptors (Lipinski definition) is 3. The fraction of sp³-hybridized carbons (Fsp3) is 0.667. The molecule has 0 heterocycles. The van der Waals surface area contributed by atoms with Crippen molar-refractivity contribution in [2.24, 2.45) is 5.92 Å². The van der Waals surface area contributed by atoms with Gasteiger partial charge in [0, 0.05) is 13.3 Å². The summed E-state index contributed by atoms with van der Waals surface area (Å²) in [6.45, 7) is 0.446. The minimum Gasteiger partial charge on any atom is -0.292 e. The SMILES string of the molecule is CC(F)(F)C(=O)C1CCCC(=O)C1=O. The van der Waals surface area contributed by atoms with Crippen LogP contribution in [0, 0.1) is 5.92 Å². The molecule has 0 radical (unpaired) electrons. The Morgan fingerprint density at radius 3 is 2.50 bits per heavy atom. The van der Waals surface area contributed by atoms with Crippen molar-refractivity contribution in [3.8, 4) is 0 Å². The van der Waals surface area contributed by atoms with E-state index in [9.17, 15) is 23.2 Å². The average Bonchev–Trinajstić information content (AvgIpc) is 2.07. The Hall–Kier alpha value is -1.13. The molecule has 1 fully saturated rings. The second-order valence-electron chi connectivity index (χ2n) is 3.48. The van der Waals surface area contributed by atoms with Gasteiger partial charge in [0.15, 0.2) is 5.78 Å². The van der Waals surface area contributed by atoms with Crippen LogP contribution in [0.1, 0.15) is 26.2 Å². The number of alkyl halides is 2. The molecule has 3 nitrogen and oxygen atoms in total. The summed E-state index contributed by atoms with van der Waals surface area (Å²) in [6, 6.07) is 0. The minimum atomic E-state index is -3.53. The first kappa shape index (κ1) is 10.9. The molecule has 1 aliphatic carbocycles. The molecular formula is C9H10F2O3. The van der Waals surface area contributed by atoms with Crippen LogP contribution in [-0.2, 0) is 14.4 Å². The van der Waals surface area contributed by atoms with Crippen LogP contribution in [0.2, 0.25) is 0 Å². The second kappa shape index (κ2) is 3.55. The summed E-state index contributed by atoms with van der Waals surface area (Å²) in [5.41, 5.74) is 0. The zero-order valence-electron chi connectivity index (χ0n) is 7.68. The van der Waals surface area contributed by atoms with E-state index in [2.05, 4.69) is 0 Å². The van der Waals surface area contributed by atoms with E-state index in [-0.39, 0.29) is 12.8 Å². The summed E-state index contributed by atoms with van der Waals surface area (Å²) in [5.74, 6) is -8.05. The van der Waals surface area contributed by atoms with Crippen LogP contribution in [0.5, 0.6) is 0 Å². The van der Waals surface area contributed by atoms with Crippen LogP contribution in [0.3, 0.4) is 0 Å². The third kappa shape index (κ3) is 2.02. The van der Waals surface area contributed by atoms with E-state index in [0.717, 1.165) is 0 Å². The van der Waals surface area contributed by atoms with E-state index >= 15 is 0 Å². The summed E-state index contributed by atoms with van der Waals surface area (Å²) in [4.78, 5) is 33.1. The maximum Gasteiger partial charge on any atom is 0.303 e. The normalized spacial score (nSPS) is 23.8. The molecule has 0 saturated heterocycles. The molecule has 0 amide bonds. The highest BCUT2D eigenvalue weighted by Gasteiger charge is 2.44. The van der Waals surface area contributed by atoms with Gasteiger partial charge in [-0.1, -0.05) is 0 Å². The van der Waals surface area contributed by atoms with Gasteiger partial charge in [-0.2, -0.15) is 8.78 Å². The number of halogens is 2. The third-order valence-corrected chi connectivity index (χ3v) is 2.24. The van der Waals surface area contributed by atoms with Gasteiger partial charge < -0.3 is 0 Å². The van der Waals surface area contributed by atoms with Crippen molar-refractivity contribution >= 4 is 17.3 Å². The van der Waals surface area contributed by atoms with Crippen molar-refractivity contribution < 1.29 is 23.2 Å². The van der Waals surface area contributed by atoms with Gasteiger partial charge in [0.05, 0.1) is 5.92 Å². The Balaban J connectivity index is 2.83. The van der Waals surface area contributed by atoms with Crippen LogP contribution in [0.25, 0.3) is 0 Å². The van der Waals surface area contributed by atoms with Crippen LogP contribution >= 0.6 is 0 Å². The van der Waals surface area contributed by atoms with Gasteiger partial charge in [-0.05, 0) is 12.8 Å². The van der Waals surface area contributed by atoms with Crippen molar-refractivity contribution in [1.82, 2.24) is 0 Å². The molecule has 1 saturated carbocycles. The lowest BCUT2D eigenvalue weighted by molar-refractivity contribution is -0.154. The van der Waals surface area contributed by atoms with E-state index in [1.807, 2.05) is 0 Å². The van der Waals surface area contributed by atoms with Gasteiger partial charge >= 0.3 is 5.92 Å². The molecule has 0 aromatic heterocycles. The van der Waals surface area contributed by atoms with Crippen molar-refractivity contribution in [3.05, 3.63) is 0 Å². The molecule has 1 rings (SSSR count). The quantitative estimate of drug-likeness (QED) is 0.500. The molecule has 1 unspecified atom stereocenters. The topological polar surface area (TPSA) is 51.2 Å². The molecule has 0 aliphatic heterocycles. The Bertz CT molecular complexity index is 291. The van der Waals surface area contributed by atoms with E-state index < -0.39 is 29.2 Å². The molecule has 5 heteroatoms. The van der Waals surface area contributed by atoms with Gasteiger partial charge in [0.25, 0.3) is 0 Å². The maximum atomic E-state index is 12.6. The number of rotatable bonds is 2. The summed E-state index contributed by atoms with van der Waals surface area (Å²) >= 11 is 0. The molecule has 0 spiro atoms. The lowest BCUT2D eigenvalue weighted by Crippen LogP contribution is -2.41. The fourth-order valence-corrected chi connectivity index (χ4v) is 1.47. The van der Waals surface area contributed by atoms with E-state index in [4.69, 9.17) is 0 Å². The first-order valence-corrected chi connectivity index (χ1v) is 4.33. The second-order valence-corrected chi connectivity index (χ2v) is 3.48.